The molecule has 0 bridgehead atoms. The van der Waals surface area contributed by atoms with E-state index in [1.54, 1.807) is 24.5 Å². The van der Waals surface area contributed by atoms with Crippen molar-refractivity contribution >= 4 is 5.97 Å². The van der Waals surface area contributed by atoms with E-state index >= 15 is 0 Å². The SMILES string of the molecule is CC(O)C(=O)Oc1ccc(-c2cccnc2)cc1. The molecular weight excluding hydrogens is 230 g/mol. The molecule has 4 nitrogen and oxygen atoms in total. The molecule has 1 atom stereocenters. The van der Waals surface area contributed by atoms with Crippen LogP contribution in [-0.4, -0.2) is 22.2 Å². The maximum absolute atomic E-state index is 11.2. The van der Waals surface area contributed by atoms with Gasteiger partial charge in [-0.3, -0.25) is 4.98 Å². The van der Waals surface area contributed by atoms with Crippen LogP contribution in [0.15, 0.2) is 48.8 Å². The minimum absolute atomic E-state index is 0.411. The van der Waals surface area contributed by atoms with E-state index < -0.39 is 12.1 Å². The summed E-state index contributed by atoms with van der Waals surface area (Å²) in [4.78, 5) is 15.2. The van der Waals surface area contributed by atoms with Gasteiger partial charge in [0.1, 0.15) is 11.9 Å². The van der Waals surface area contributed by atoms with Gasteiger partial charge in [0, 0.05) is 12.4 Å². The second-order valence-electron chi connectivity index (χ2n) is 3.86. The number of pyridine rings is 1. The zero-order chi connectivity index (χ0) is 13.0. The van der Waals surface area contributed by atoms with Crippen LogP contribution in [0.3, 0.4) is 0 Å². The van der Waals surface area contributed by atoms with Crippen LogP contribution < -0.4 is 4.74 Å². The highest BCUT2D eigenvalue weighted by Crippen LogP contribution is 2.21. The summed E-state index contributed by atoms with van der Waals surface area (Å²) in [5, 5.41) is 9.03. The first-order valence-electron chi connectivity index (χ1n) is 5.57. The van der Waals surface area contributed by atoms with Crippen molar-refractivity contribution in [2.24, 2.45) is 0 Å². The van der Waals surface area contributed by atoms with Gasteiger partial charge in [0.25, 0.3) is 0 Å². The van der Waals surface area contributed by atoms with Crippen molar-refractivity contribution in [3.63, 3.8) is 0 Å². The molecule has 1 unspecified atom stereocenters. The van der Waals surface area contributed by atoms with Gasteiger partial charge in [0.2, 0.25) is 0 Å². The van der Waals surface area contributed by atoms with E-state index in [-0.39, 0.29) is 0 Å². The predicted molar refractivity (Wildman–Crippen MR) is 67.0 cm³/mol. The standard InChI is InChI=1S/C14H13NO3/c1-10(16)14(17)18-13-6-4-11(5-7-13)12-3-2-8-15-9-12/h2-10,16H,1H3. The molecule has 1 N–H and O–H groups in total. The summed E-state index contributed by atoms with van der Waals surface area (Å²) in [6.45, 7) is 1.37. The largest absolute Gasteiger partial charge is 0.425 e. The molecule has 1 aromatic heterocycles. The van der Waals surface area contributed by atoms with Gasteiger partial charge in [-0.1, -0.05) is 18.2 Å². The average Bonchev–Trinajstić information content (AvgIpc) is 2.40. The van der Waals surface area contributed by atoms with E-state index in [1.807, 2.05) is 24.3 Å². The molecule has 1 aromatic carbocycles. The van der Waals surface area contributed by atoms with Crippen molar-refractivity contribution in [2.45, 2.75) is 13.0 Å². The molecule has 0 saturated heterocycles. The van der Waals surface area contributed by atoms with Crippen LogP contribution >= 0.6 is 0 Å². The van der Waals surface area contributed by atoms with E-state index in [2.05, 4.69) is 4.98 Å². The summed E-state index contributed by atoms with van der Waals surface area (Å²) >= 11 is 0. The maximum atomic E-state index is 11.2. The second kappa shape index (κ2) is 5.42. The molecule has 0 radical (unpaired) electrons. The lowest BCUT2D eigenvalue weighted by atomic mass is 10.1. The molecule has 0 aliphatic carbocycles. The third-order valence-electron chi connectivity index (χ3n) is 2.41. The normalized spacial score (nSPS) is 11.9. The van der Waals surface area contributed by atoms with Crippen LogP contribution in [-0.2, 0) is 4.79 Å². The third-order valence-corrected chi connectivity index (χ3v) is 2.41. The topological polar surface area (TPSA) is 59.4 Å². The Morgan fingerprint density at radius 1 is 1.22 bits per heavy atom. The molecule has 1 heterocycles. The highest BCUT2D eigenvalue weighted by molar-refractivity contribution is 5.76. The Bertz CT molecular complexity index is 520. The molecule has 2 aromatic rings. The molecule has 2 rings (SSSR count). The summed E-state index contributed by atoms with van der Waals surface area (Å²) in [7, 11) is 0. The van der Waals surface area contributed by atoms with Gasteiger partial charge in [-0.25, -0.2) is 4.79 Å². The number of aliphatic hydroxyl groups excluding tert-OH is 1. The van der Waals surface area contributed by atoms with E-state index in [0.717, 1.165) is 11.1 Å². The van der Waals surface area contributed by atoms with Gasteiger partial charge in [0.05, 0.1) is 0 Å². The molecule has 18 heavy (non-hydrogen) atoms. The van der Waals surface area contributed by atoms with Crippen LogP contribution in [0.5, 0.6) is 5.75 Å². The van der Waals surface area contributed by atoms with Gasteiger partial charge >= 0.3 is 5.97 Å². The smallest absolute Gasteiger partial charge is 0.340 e. The highest BCUT2D eigenvalue weighted by Gasteiger charge is 2.11. The third kappa shape index (κ3) is 2.93. The first-order valence-corrected chi connectivity index (χ1v) is 5.57. The maximum Gasteiger partial charge on any atom is 0.340 e. The van der Waals surface area contributed by atoms with Crippen LogP contribution in [0.1, 0.15) is 6.92 Å². The lowest BCUT2D eigenvalue weighted by Gasteiger charge is -2.07. The number of hydrogen-bond acceptors (Lipinski definition) is 4. The minimum atomic E-state index is -1.12. The van der Waals surface area contributed by atoms with Crippen molar-refractivity contribution in [3.8, 4) is 16.9 Å². The molecule has 0 aliphatic rings. The monoisotopic (exact) mass is 243 g/mol. The number of carbonyl (C=O) groups is 1. The first-order chi connectivity index (χ1) is 8.66. The van der Waals surface area contributed by atoms with Crippen LogP contribution in [0, 0.1) is 0 Å². The van der Waals surface area contributed by atoms with E-state index in [4.69, 9.17) is 9.84 Å². The molecule has 4 heteroatoms. The molecular formula is C14H13NO3. The summed E-state index contributed by atoms with van der Waals surface area (Å²) in [5.41, 5.74) is 1.98. The number of benzene rings is 1. The summed E-state index contributed by atoms with van der Waals surface area (Å²) in [5.74, 6) is -0.252. The molecule has 0 amide bonds. The fourth-order valence-corrected chi connectivity index (χ4v) is 1.45. The lowest BCUT2D eigenvalue weighted by molar-refractivity contribution is -0.142. The summed E-state index contributed by atoms with van der Waals surface area (Å²) < 4.78 is 4.96. The number of aromatic nitrogens is 1. The predicted octanol–water partition coefficient (Wildman–Crippen LogP) is 2.03. The van der Waals surface area contributed by atoms with Crippen molar-refractivity contribution in [3.05, 3.63) is 48.8 Å². The quantitative estimate of drug-likeness (QED) is 0.662. The molecule has 92 valence electrons. The Morgan fingerprint density at radius 2 is 1.94 bits per heavy atom. The van der Waals surface area contributed by atoms with Crippen molar-refractivity contribution in [1.82, 2.24) is 4.98 Å². The lowest BCUT2D eigenvalue weighted by Crippen LogP contribution is -2.21. The Balaban J connectivity index is 2.13. The van der Waals surface area contributed by atoms with Crippen LogP contribution in [0.2, 0.25) is 0 Å². The Morgan fingerprint density at radius 3 is 2.50 bits per heavy atom. The van der Waals surface area contributed by atoms with Crippen LogP contribution in [0.4, 0.5) is 0 Å². The number of hydrogen-bond donors (Lipinski definition) is 1. The second-order valence-corrected chi connectivity index (χ2v) is 3.86. The number of rotatable bonds is 3. The fraction of sp³-hybridized carbons (Fsp3) is 0.143. The van der Waals surface area contributed by atoms with E-state index in [9.17, 15) is 4.79 Å². The fourth-order valence-electron chi connectivity index (χ4n) is 1.45. The number of aliphatic hydroxyl groups is 1. The molecule has 0 saturated carbocycles. The van der Waals surface area contributed by atoms with Gasteiger partial charge < -0.3 is 9.84 Å². The zero-order valence-corrected chi connectivity index (χ0v) is 9.91. The zero-order valence-electron chi connectivity index (χ0n) is 9.91. The molecule has 0 spiro atoms. The molecule has 0 aliphatic heterocycles. The van der Waals surface area contributed by atoms with Gasteiger partial charge in [-0.2, -0.15) is 0 Å². The Hall–Kier alpha value is -2.20. The highest BCUT2D eigenvalue weighted by atomic mass is 16.5. The van der Waals surface area contributed by atoms with Crippen molar-refractivity contribution < 1.29 is 14.6 Å². The van der Waals surface area contributed by atoms with Gasteiger partial charge in [-0.05, 0) is 36.2 Å². The summed E-state index contributed by atoms with van der Waals surface area (Å²) in [6, 6.07) is 10.8. The number of esters is 1. The Kier molecular flexibility index (Phi) is 3.69. The molecule has 0 fully saturated rings. The van der Waals surface area contributed by atoms with Crippen molar-refractivity contribution in [2.75, 3.05) is 0 Å². The average molecular weight is 243 g/mol. The van der Waals surface area contributed by atoms with E-state index in [0.29, 0.717) is 5.75 Å². The van der Waals surface area contributed by atoms with Crippen LogP contribution in [0.25, 0.3) is 11.1 Å². The summed E-state index contributed by atoms with van der Waals surface area (Å²) in [6.07, 6.45) is 2.35. The Labute approximate surface area is 105 Å². The first kappa shape index (κ1) is 12.3. The van der Waals surface area contributed by atoms with Gasteiger partial charge in [-0.15, -0.1) is 0 Å². The number of carbonyl (C=O) groups excluding carboxylic acids is 1. The minimum Gasteiger partial charge on any atom is -0.425 e. The van der Waals surface area contributed by atoms with E-state index in [1.165, 1.54) is 6.92 Å². The number of nitrogens with zero attached hydrogens (tertiary/aromatic N) is 1. The van der Waals surface area contributed by atoms with Crippen molar-refractivity contribution in [1.29, 1.82) is 0 Å². The number of ether oxygens (including phenoxy) is 1. The van der Waals surface area contributed by atoms with Gasteiger partial charge in [0.15, 0.2) is 0 Å².